The largest absolute Gasteiger partial charge is 0.507 e. The maximum Gasteiger partial charge on any atom is 0.124 e. The zero-order valence-corrected chi connectivity index (χ0v) is 20.5. The van der Waals surface area contributed by atoms with Crippen LogP contribution in [0.2, 0.25) is 0 Å². The van der Waals surface area contributed by atoms with E-state index in [0.717, 1.165) is 44.5 Å². The van der Waals surface area contributed by atoms with E-state index >= 15 is 0 Å². The minimum Gasteiger partial charge on any atom is -0.507 e. The molecule has 37 heavy (non-hydrogen) atoms. The molecule has 1 nitrogen and oxygen atoms in total. The van der Waals surface area contributed by atoms with Crippen LogP contribution in [0.15, 0.2) is 127 Å². The Labute approximate surface area is 219 Å². The third-order valence-electron chi connectivity index (χ3n) is 6.22. The second-order valence-electron chi connectivity index (χ2n) is 8.79. The maximum absolute atomic E-state index is 11.3. The lowest BCUT2D eigenvalue weighted by molar-refractivity contribution is 0.477. The first-order chi connectivity index (χ1) is 18.3. The van der Waals surface area contributed by atoms with Crippen LogP contribution in [0.5, 0.6) is 5.75 Å². The zero-order valence-electron chi connectivity index (χ0n) is 20.5. The van der Waals surface area contributed by atoms with Crippen LogP contribution in [0.4, 0.5) is 0 Å². The predicted octanol–water partition coefficient (Wildman–Crippen LogP) is 9.57. The number of rotatable bonds is 7. The van der Waals surface area contributed by atoms with Gasteiger partial charge < -0.3 is 5.11 Å². The molecule has 0 unspecified atom stereocenters. The number of aromatic hydroxyl groups is 1. The van der Waals surface area contributed by atoms with E-state index in [0.29, 0.717) is 0 Å². The summed E-state index contributed by atoms with van der Waals surface area (Å²) in [6.45, 7) is 0. The van der Waals surface area contributed by atoms with Gasteiger partial charge in [0.2, 0.25) is 0 Å². The number of benzene rings is 5. The highest BCUT2D eigenvalue weighted by molar-refractivity contribution is 5.94. The Balaban J connectivity index is 1.73. The fraction of sp³-hybridized carbons (Fsp3) is 0. The van der Waals surface area contributed by atoms with Crippen molar-refractivity contribution in [1.29, 1.82) is 0 Å². The fourth-order valence-corrected chi connectivity index (χ4v) is 4.37. The molecule has 0 aliphatic heterocycles. The Hall–Kier alpha value is -4.88. The second-order valence-corrected chi connectivity index (χ2v) is 8.79. The zero-order chi connectivity index (χ0) is 25.3. The van der Waals surface area contributed by atoms with Crippen LogP contribution in [0, 0.1) is 0 Å². The molecule has 0 amide bonds. The first-order valence-corrected chi connectivity index (χ1v) is 12.4. The molecular formula is C36H28O. The van der Waals surface area contributed by atoms with E-state index in [1.54, 1.807) is 0 Å². The van der Waals surface area contributed by atoms with Crippen molar-refractivity contribution in [1.82, 2.24) is 0 Å². The number of phenolic OH excluding ortho intramolecular Hbond substituents is 1. The van der Waals surface area contributed by atoms with Crippen molar-refractivity contribution in [2.75, 3.05) is 0 Å². The molecule has 0 radical (unpaired) electrons. The van der Waals surface area contributed by atoms with Crippen molar-refractivity contribution in [2.45, 2.75) is 0 Å². The van der Waals surface area contributed by atoms with Crippen molar-refractivity contribution < 1.29 is 5.11 Å². The average molecular weight is 477 g/mol. The van der Waals surface area contributed by atoms with Crippen molar-refractivity contribution in [3.05, 3.63) is 161 Å². The monoisotopic (exact) mass is 476 g/mol. The van der Waals surface area contributed by atoms with Crippen LogP contribution in [0.1, 0.15) is 33.4 Å². The van der Waals surface area contributed by atoms with Crippen LogP contribution in [0.3, 0.4) is 0 Å². The van der Waals surface area contributed by atoms with Gasteiger partial charge in [0, 0.05) is 5.56 Å². The van der Waals surface area contributed by atoms with Gasteiger partial charge >= 0.3 is 0 Å². The van der Waals surface area contributed by atoms with Crippen molar-refractivity contribution in [2.24, 2.45) is 0 Å². The summed E-state index contributed by atoms with van der Waals surface area (Å²) in [5.74, 6) is 0.253. The quantitative estimate of drug-likeness (QED) is 0.232. The number of phenols is 1. The molecule has 0 aliphatic carbocycles. The van der Waals surface area contributed by atoms with E-state index < -0.39 is 0 Å². The van der Waals surface area contributed by atoms with Crippen LogP contribution < -0.4 is 0 Å². The molecule has 0 bridgehead atoms. The van der Waals surface area contributed by atoms with Crippen LogP contribution in [-0.2, 0) is 0 Å². The summed E-state index contributed by atoms with van der Waals surface area (Å²) in [6, 6.07) is 42.7. The van der Waals surface area contributed by atoms with Gasteiger partial charge in [0.15, 0.2) is 0 Å². The molecule has 5 rings (SSSR count). The van der Waals surface area contributed by atoms with E-state index in [1.165, 1.54) is 0 Å². The van der Waals surface area contributed by atoms with E-state index in [2.05, 4.69) is 72.9 Å². The Morgan fingerprint density at radius 1 is 0.405 bits per heavy atom. The van der Waals surface area contributed by atoms with E-state index in [1.807, 2.05) is 91.0 Å². The van der Waals surface area contributed by atoms with Gasteiger partial charge in [-0.3, -0.25) is 0 Å². The molecule has 1 N–H and O–H groups in total. The molecule has 5 aromatic rings. The molecule has 0 aromatic heterocycles. The molecule has 0 aliphatic rings. The van der Waals surface area contributed by atoms with E-state index in [4.69, 9.17) is 0 Å². The molecule has 0 fully saturated rings. The van der Waals surface area contributed by atoms with Crippen molar-refractivity contribution in [3.8, 4) is 16.9 Å². The smallest absolute Gasteiger partial charge is 0.124 e. The summed E-state index contributed by atoms with van der Waals surface area (Å²) < 4.78 is 0. The maximum atomic E-state index is 11.3. The molecule has 0 atom stereocenters. The molecule has 5 aromatic carbocycles. The average Bonchev–Trinajstić information content (AvgIpc) is 2.96. The van der Waals surface area contributed by atoms with E-state index in [9.17, 15) is 5.11 Å². The minimum atomic E-state index is 0.253. The van der Waals surface area contributed by atoms with Crippen LogP contribution in [0.25, 0.3) is 47.6 Å². The van der Waals surface area contributed by atoms with Crippen LogP contribution in [-0.4, -0.2) is 5.11 Å². The third kappa shape index (κ3) is 6.04. The first kappa shape index (κ1) is 23.8. The molecule has 1 heteroatoms. The molecule has 0 saturated carbocycles. The summed E-state index contributed by atoms with van der Waals surface area (Å²) in [4.78, 5) is 0. The van der Waals surface area contributed by atoms with Crippen molar-refractivity contribution in [3.63, 3.8) is 0 Å². The normalized spacial score (nSPS) is 11.6. The topological polar surface area (TPSA) is 20.2 Å². The second kappa shape index (κ2) is 11.7. The SMILES string of the molecule is Oc1cc(C=Cc2ccccc2)c(C=Cc2ccccc2)c(C=Cc2ccccc2)c1-c1ccccc1. The van der Waals surface area contributed by atoms with E-state index in [-0.39, 0.29) is 5.75 Å². The number of hydrogen-bond donors (Lipinski definition) is 1. The molecular weight excluding hydrogens is 448 g/mol. The Bertz CT molecular complexity index is 1530. The van der Waals surface area contributed by atoms with Gasteiger partial charge in [-0.1, -0.05) is 158 Å². The highest BCUT2D eigenvalue weighted by Crippen LogP contribution is 2.39. The molecule has 0 spiro atoms. The first-order valence-electron chi connectivity index (χ1n) is 12.4. The summed E-state index contributed by atoms with van der Waals surface area (Å²) in [5.41, 5.74) is 8.07. The predicted molar refractivity (Wildman–Crippen MR) is 160 cm³/mol. The minimum absolute atomic E-state index is 0.253. The molecule has 0 saturated heterocycles. The summed E-state index contributed by atoms with van der Waals surface area (Å²) in [5, 5.41) is 11.3. The highest BCUT2D eigenvalue weighted by atomic mass is 16.3. The lowest BCUT2D eigenvalue weighted by Gasteiger charge is -2.16. The Morgan fingerprint density at radius 3 is 1.30 bits per heavy atom. The molecule has 178 valence electrons. The van der Waals surface area contributed by atoms with Gasteiger partial charge in [0.05, 0.1) is 0 Å². The number of hydrogen-bond acceptors (Lipinski definition) is 1. The van der Waals surface area contributed by atoms with Gasteiger partial charge in [0.25, 0.3) is 0 Å². The molecule has 0 heterocycles. The van der Waals surface area contributed by atoms with Gasteiger partial charge in [-0.05, 0) is 45.0 Å². The van der Waals surface area contributed by atoms with Gasteiger partial charge in [0.1, 0.15) is 5.75 Å². The van der Waals surface area contributed by atoms with Gasteiger partial charge in [-0.25, -0.2) is 0 Å². The lowest BCUT2D eigenvalue weighted by Crippen LogP contribution is -1.93. The van der Waals surface area contributed by atoms with Crippen LogP contribution >= 0.6 is 0 Å². The third-order valence-corrected chi connectivity index (χ3v) is 6.22. The lowest BCUT2D eigenvalue weighted by atomic mass is 9.89. The summed E-state index contributed by atoms with van der Waals surface area (Å²) in [7, 11) is 0. The Kier molecular flexibility index (Phi) is 7.54. The standard InChI is InChI=1S/C36H28O/c37-35-27-32(24-21-28-13-5-1-6-14-28)33(25-22-29-15-7-2-8-16-29)34(26-23-30-17-9-3-10-18-30)36(35)31-19-11-4-12-20-31/h1-27,37H. The Morgan fingerprint density at radius 2 is 0.811 bits per heavy atom. The highest BCUT2D eigenvalue weighted by Gasteiger charge is 2.15. The summed E-state index contributed by atoms with van der Waals surface area (Å²) in [6.07, 6.45) is 12.7. The fourth-order valence-electron chi connectivity index (χ4n) is 4.37. The van der Waals surface area contributed by atoms with Gasteiger partial charge in [-0.15, -0.1) is 0 Å². The van der Waals surface area contributed by atoms with Crippen molar-refractivity contribution >= 4 is 36.5 Å². The van der Waals surface area contributed by atoms with Gasteiger partial charge in [-0.2, -0.15) is 0 Å². The summed E-state index contributed by atoms with van der Waals surface area (Å²) >= 11 is 0.